The van der Waals surface area contributed by atoms with Gasteiger partial charge in [0, 0.05) is 12.7 Å². The largest absolute Gasteiger partial charge is 0.353 e. The van der Waals surface area contributed by atoms with Gasteiger partial charge in [-0.25, -0.2) is 0 Å². The first-order valence-electron chi connectivity index (χ1n) is 7.19. The molecule has 0 aromatic carbocycles. The van der Waals surface area contributed by atoms with Crippen molar-refractivity contribution in [1.82, 2.24) is 20.4 Å². The maximum Gasteiger partial charge on any atom is 0.240 e. The second-order valence-corrected chi connectivity index (χ2v) is 5.40. The number of hydrogen-bond donors (Lipinski definition) is 2. The summed E-state index contributed by atoms with van der Waals surface area (Å²) in [6.45, 7) is 6.45. The Kier molecular flexibility index (Phi) is 4.58. The van der Waals surface area contributed by atoms with Crippen LogP contribution in [-0.4, -0.2) is 34.3 Å². The first-order valence-corrected chi connectivity index (χ1v) is 7.19. The molecule has 1 aliphatic heterocycles. The number of rotatable bonds is 6. The Morgan fingerprint density at radius 2 is 2.47 bits per heavy atom. The second-order valence-electron chi connectivity index (χ2n) is 5.40. The summed E-state index contributed by atoms with van der Waals surface area (Å²) in [4.78, 5) is 12.3. The number of carbonyl (C=O) groups is 1. The van der Waals surface area contributed by atoms with E-state index in [0.29, 0.717) is 6.54 Å². The van der Waals surface area contributed by atoms with E-state index < -0.39 is 0 Å². The highest BCUT2D eigenvalue weighted by Crippen LogP contribution is 2.24. The maximum atomic E-state index is 12.3. The van der Waals surface area contributed by atoms with Crippen LogP contribution < -0.4 is 10.6 Å². The van der Waals surface area contributed by atoms with E-state index in [4.69, 9.17) is 0 Å². The van der Waals surface area contributed by atoms with Crippen molar-refractivity contribution in [3.63, 3.8) is 0 Å². The Labute approximate surface area is 114 Å². The average Bonchev–Trinajstić information content (AvgIpc) is 3.00. The van der Waals surface area contributed by atoms with Gasteiger partial charge >= 0.3 is 0 Å². The molecule has 1 amide bonds. The summed E-state index contributed by atoms with van der Waals surface area (Å²) in [5.41, 5.74) is 0.820. The maximum absolute atomic E-state index is 12.3. The van der Waals surface area contributed by atoms with Crippen LogP contribution in [0.25, 0.3) is 0 Å². The molecule has 2 rings (SSSR count). The molecular formula is C14H24N4O. The van der Waals surface area contributed by atoms with Gasteiger partial charge in [0.15, 0.2) is 0 Å². The molecule has 0 bridgehead atoms. The van der Waals surface area contributed by atoms with Gasteiger partial charge in [-0.3, -0.25) is 9.48 Å². The fourth-order valence-corrected chi connectivity index (χ4v) is 2.80. The van der Waals surface area contributed by atoms with Gasteiger partial charge in [-0.2, -0.15) is 5.10 Å². The molecule has 2 heterocycles. The molecular weight excluding hydrogens is 240 g/mol. The SMILES string of the molecule is CCCC1(C(=O)NCCn2cc(C)cn2)CCCN1. The summed E-state index contributed by atoms with van der Waals surface area (Å²) in [6.07, 6.45) is 7.80. The van der Waals surface area contributed by atoms with Crippen molar-refractivity contribution >= 4 is 5.91 Å². The first-order chi connectivity index (χ1) is 9.16. The molecule has 19 heavy (non-hydrogen) atoms. The molecule has 1 atom stereocenters. The standard InChI is InChI=1S/C14H24N4O/c1-3-5-14(6-4-7-16-14)13(19)15-8-9-18-11-12(2)10-17-18/h10-11,16H,3-9H2,1-2H3,(H,15,19). The van der Waals surface area contributed by atoms with E-state index in [1.54, 1.807) is 0 Å². The summed E-state index contributed by atoms with van der Waals surface area (Å²) < 4.78 is 1.87. The number of nitrogens with one attached hydrogen (secondary N) is 2. The van der Waals surface area contributed by atoms with Gasteiger partial charge in [0.25, 0.3) is 0 Å². The fourth-order valence-electron chi connectivity index (χ4n) is 2.80. The second kappa shape index (κ2) is 6.19. The molecule has 1 aromatic heterocycles. The first kappa shape index (κ1) is 14.1. The molecule has 1 aliphatic rings. The lowest BCUT2D eigenvalue weighted by atomic mass is 9.91. The van der Waals surface area contributed by atoms with Crippen LogP contribution in [0.2, 0.25) is 0 Å². The monoisotopic (exact) mass is 264 g/mol. The Bertz CT molecular complexity index is 421. The van der Waals surface area contributed by atoms with Gasteiger partial charge in [0.1, 0.15) is 0 Å². The third-order valence-electron chi connectivity index (χ3n) is 3.74. The number of nitrogens with zero attached hydrogens (tertiary/aromatic N) is 2. The molecule has 1 fully saturated rings. The van der Waals surface area contributed by atoms with Crippen LogP contribution in [0.4, 0.5) is 0 Å². The van der Waals surface area contributed by atoms with Gasteiger partial charge in [0.05, 0.1) is 18.3 Å². The molecule has 5 heteroatoms. The topological polar surface area (TPSA) is 59.0 Å². The number of aryl methyl sites for hydroxylation is 1. The zero-order valence-electron chi connectivity index (χ0n) is 11.9. The smallest absolute Gasteiger partial charge is 0.240 e. The lowest BCUT2D eigenvalue weighted by Gasteiger charge is -2.27. The van der Waals surface area contributed by atoms with Gasteiger partial charge < -0.3 is 10.6 Å². The molecule has 106 valence electrons. The normalized spacial score (nSPS) is 22.6. The summed E-state index contributed by atoms with van der Waals surface area (Å²) in [6, 6.07) is 0. The summed E-state index contributed by atoms with van der Waals surface area (Å²) >= 11 is 0. The number of amides is 1. The van der Waals surface area contributed by atoms with E-state index in [0.717, 1.165) is 44.3 Å². The van der Waals surface area contributed by atoms with E-state index in [1.165, 1.54) is 0 Å². The fraction of sp³-hybridized carbons (Fsp3) is 0.714. The Hall–Kier alpha value is -1.36. The lowest BCUT2D eigenvalue weighted by molar-refractivity contribution is -0.127. The zero-order valence-corrected chi connectivity index (χ0v) is 11.9. The van der Waals surface area contributed by atoms with Crippen LogP contribution >= 0.6 is 0 Å². The summed E-state index contributed by atoms with van der Waals surface area (Å²) in [5.74, 6) is 0.149. The Balaban J connectivity index is 1.82. The Morgan fingerprint density at radius 1 is 1.63 bits per heavy atom. The van der Waals surface area contributed by atoms with Crippen molar-refractivity contribution in [2.75, 3.05) is 13.1 Å². The molecule has 0 spiro atoms. The van der Waals surface area contributed by atoms with E-state index in [2.05, 4.69) is 22.7 Å². The average molecular weight is 264 g/mol. The van der Waals surface area contributed by atoms with E-state index in [9.17, 15) is 4.79 Å². The highest BCUT2D eigenvalue weighted by molar-refractivity contribution is 5.86. The van der Waals surface area contributed by atoms with Crippen molar-refractivity contribution in [2.24, 2.45) is 0 Å². The number of aromatic nitrogens is 2. The van der Waals surface area contributed by atoms with Crippen molar-refractivity contribution in [3.8, 4) is 0 Å². The predicted octanol–water partition coefficient (Wildman–Crippen LogP) is 1.23. The molecule has 0 saturated carbocycles. The van der Waals surface area contributed by atoms with Gasteiger partial charge in [-0.05, 0) is 38.3 Å². The lowest BCUT2D eigenvalue weighted by Crippen LogP contribution is -2.53. The number of carbonyl (C=O) groups excluding carboxylic acids is 1. The van der Waals surface area contributed by atoms with Crippen LogP contribution in [0.15, 0.2) is 12.4 Å². The van der Waals surface area contributed by atoms with E-state index in [-0.39, 0.29) is 11.4 Å². The summed E-state index contributed by atoms with van der Waals surface area (Å²) in [5, 5.41) is 10.6. The molecule has 1 unspecified atom stereocenters. The molecule has 1 saturated heterocycles. The van der Waals surface area contributed by atoms with Gasteiger partial charge in [-0.15, -0.1) is 0 Å². The molecule has 0 aliphatic carbocycles. The van der Waals surface area contributed by atoms with Gasteiger partial charge in [0.2, 0.25) is 5.91 Å². The summed E-state index contributed by atoms with van der Waals surface area (Å²) in [7, 11) is 0. The zero-order chi connectivity index (χ0) is 13.7. The van der Waals surface area contributed by atoms with Crippen LogP contribution in [0.3, 0.4) is 0 Å². The molecule has 0 radical (unpaired) electrons. The predicted molar refractivity (Wildman–Crippen MR) is 74.8 cm³/mol. The molecule has 5 nitrogen and oxygen atoms in total. The van der Waals surface area contributed by atoms with Crippen molar-refractivity contribution in [3.05, 3.63) is 18.0 Å². The third-order valence-corrected chi connectivity index (χ3v) is 3.74. The minimum Gasteiger partial charge on any atom is -0.353 e. The molecule has 1 aromatic rings. The van der Waals surface area contributed by atoms with Crippen LogP contribution in [0.1, 0.15) is 38.2 Å². The quantitative estimate of drug-likeness (QED) is 0.812. The minimum absolute atomic E-state index is 0.149. The van der Waals surface area contributed by atoms with Crippen molar-refractivity contribution in [2.45, 2.75) is 51.6 Å². The minimum atomic E-state index is -0.325. The van der Waals surface area contributed by atoms with Gasteiger partial charge in [-0.1, -0.05) is 13.3 Å². The highest BCUT2D eigenvalue weighted by Gasteiger charge is 2.39. The van der Waals surface area contributed by atoms with Crippen LogP contribution in [-0.2, 0) is 11.3 Å². The molecule has 2 N–H and O–H groups in total. The van der Waals surface area contributed by atoms with Crippen molar-refractivity contribution < 1.29 is 4.79 Å². The van der Waals surface area contributed by atoms with Crippen molar-refractivity contribution in [1.29, 1.82) is 0 Å². The number of hydrogen-bond acceptors (Lipinski definition) is 3. The Morgan fingerprint density at radius 3 is 3.05 bits per heavy atom. The van der Waals surface area contributed by atoms with E-state index in [1.807, 2.05) is 24.0 Å². The van der Waals surface area contributed by atoms with E-state index >= 15 is 0 Å². The highest BCUT2D eigenvalue weighted by atomic mass is 16.2. The van der Waals surface area contributed by atoms with Crippen LogP contribution in [0, 0.1) is 6.92 Å². The third kappa shape index (κ3) is 3.35. The van der Waals surface area contributed by atoms with Crippen LogP contribution in [0.5, 0.6) is 0 Å².